The van der Waals surface area contributed by atoms with Crippen LogP contribution in [0.2, 0.25) is 0 Å². The van der Waals surface area contributed by atoms with E-state index in [4.69, 9.17) is 0 Å². The Kier molecular flexibility index (Phi) is 5.65. The lowest BCUT2D eigenvalue weighted by Crippen LogP contribution is -2.55. The molecule has 0 amide bonds. The molecule has 3 unspecified atom stereocenters. The van der Waals surface area contributed by atoms with E-state index in [1.54, 1.807) is 0 Å². The first-order valence-corrected chi connectivity index (χ1v) is 8.37. The van der Waals surface area contributed by atoms with Crippen molar-refractivity contribution in [3.8, 4) is 0 Å². The number of anilines is 1. The molecule has 1 aliphatic rings. The molecule has 0 bridgehead atoms. The highest BCUT2D eigenvalue weighted by molar-refractivity contribution is 5.55. The van der Waals surface area contributed by atoms with Gasteiger partial charge in [0.25, 0.3) is 0 Å². The maximum atomic E-state index is 3.62. The van der Waals surface area contributed by atoms with Crippen molar-refractivity contribution in [2.75, 3.05) is 31.6 Å². The number of piperazine rings is 1. The molecule has 118 valence electrons. The summed E-state index contributed by atoms with van der Waals surface area (Å²) in [6.45, 7) is 12.3. The summed E-state index contributed by atoms with van der Waals surface area (Å²) in [5.74, 6) is 0. The Balaban J connectivity index is 2.27. The summed E-state index contributed by atoms with van der Waals surface area (Å²) < 4.78 is 0. The van der Waals surface area contributed by atoms with Crippen LogP contribution in [0, 0.1) is 0 Å². The molecule has 0 radical (unpaired) electrons. The largest absolute Gasteiger partial charge is 0.368 e. The van der Waals surface area contributed by atoms with E-state index in [-0.39, 0.29) is 0 Å². The average molecular weight is 289 g/mol. The van der Waals surface area contributed by atoms with Gasteiger partial charge in [0.05, 0.1) is 0 Å². The molecule has 0 saturated carbocycles. The third kappa shape index (κ3) is 3.58. The molecule has 1 fully saturated rings. The Labute approximate surface area is 130 Å². The highest BCUT2D eigenvalue weighted by Gasteiger charge is 2.28. The van der Waals surface area contributed by atoms with Gasteiger partial charge in [-0.1, -0.05) is 32.0 Å². The van der Waals surface area contributed by atoms with Crippen molar-refractivity contribution < 1.29 is 0 Å². The molecular weight excluding hydrogens is 258 g/mol. The van der Waals surface area contributed by atoms with Gasteiger partial charge in [0, 0.05) is 36.9 Å². The summed E-state index contributed by atoms with van der Waals surface area (Å²) in [5.41, 5.74) is 2.86. The van der Waals surface area contributed by atoms with Crippen LogP contribution in [0.3, 0.4) is 0 Å². The van der Waals surface area contributed by atoms with Crippen molar-refractivity contribution in [3.05, 3.63) is 29.8 Å². The molecule has 0 aromatic heterocycles. The van der Waals surface area contributed by atoms with Gasteiger partial charge in [-0.05, 0) is 45.5 Å². The van der Waals surface area contributed by atoms with Crippen LogP contribution >= 0.6 is 0 Å². The molecule has 1 aromatic carbocycles. The Morgan fingerprint density at radius 1 is 1.14 bits per heavy atom. The molecule has 0 spiro atoms. The number of benzene rings is 1. The van der Waals surface area contributed by atoms with Crippen LogP contribution in [0.4, 0.5) is 5.69 Å². The lowest BCUT2D eigenvalue weighted by molar-refractivity contribution is 0.170. The second-order valence-corrected chi connectivity index (χ2v) is 6.35. The third-order valence-electron chi connectivity index (χ3n) is 4.87. The minimum absolute atomic E-state index is 0.455. The van der Waals surface area contributed by atoms with Crippen molar-refractivity contribution in [3.63, 3.8) is 0 Å². The smallest absolute Gasteiger partial charge is 0.0415 e. The van der Waals surface area contributed by atoms with Crippen molar-refractivity contribution >= 4 is 5.69 Å². The first-order valence-electron chi connectivity index (χ1n) is 8.37. The molecule has 3 nitrogen and oxygen atoms in total. The highest BCUT2D eigenvalue weighted by atomic mass is 15.3. The molecule has 3 atom stereocenters. The monoisotopic (exact) mass is 289 g/mol. The molecule has 1 heterocycles. The predicted molar refractivity (Wildman–Crippen MR) is 92.1 cm³/mol. The number of para-hydroxylation sites is 1. The second kappa shape index (κ2) is 7.28. The summed E-state index contributed by atoms with van der Waals surface area (Å²) in [7, 11) is 2.24. The number of likely N-dealkylation sites (N-methyl/N-ethyl adjacent to an activating group) is 1. The molecule has 1 saturated heterocycles. The maximum absolute atomic E-state index is 3.62. The van der Waals surface area contributed by atoms with Crippen LogP contribution in [0.5, 0.6) is 0 Å². The van der Waals surface area contributed by atoms with E-state index in [1.165, 1.54) is 11.3 Å². The van der Waals surface area contributed by atoms with Gasteiger partial charge >= 0.3 is 0 Å². The summed E-state index contributed by atoms with van der Waals surface area (Å²) in [6.07, 6.45) is 1.13. The second-order valence-electron chi connectivity index (χ2n) is 6.35. The van der Waals surface area contributed by atoms with Gasteiger partial charge in [0.1, 0.15) is 0 Å². The van der Waals surface area contributed by atoms with Crippen LogP contribution in [0.25, 0.3) is 0 Å². The van der Waals surface area contributed by atoms with Crippen molar-refractivity contribution in [1.29, 1.82) is 0 Å². The first kappa shape index (κ1) is 16.3. The summed E-state index contributed by atoms with van der Waals surface area (Å²) >= 11 is 0. The molecule has 3 heteroatoms. The van der Waals surface area contributed by atoms with E-state index >= 15 is 0 Å². The normalized spacial score (nSPS) is 25.1. The van der Waals surface area contributed by atoms with Crippen LogP contribution < -0.4 is 10.2 Å². The van der Waals surface area contributed by atoms with Crippen molar-refractivity contribution in [2.24, 2.45) is 0 Å². The molecule has 2 rings (SSSR count). The van der Waals surface area contributed by atoms with Gasteiger partial charge in [-0.2, -0.15) is 0 Å². The number of hydrogen-bond acceptors (Lipinski definition) is 3. The third-order valence-corrected chi connectivity index (χ3v) is 4.87. The predicted octanol–water partition coefficient (Wildman–Crippen LogP) is 3.28. The zero-order chi connectivity index (χ0) is 15.4. The van der Waals surface area contributed by atoms with Gasteiger partial charge in [-0.15, -0.1) is 0 Å². The molecule has 21 heavy (non-hydrogen) atoms. The van der Waals surface area contributed by atoms with E-state index in [1.807, 2.05) is 0 Å². The van der Waals surface area contributed by atoms with Gasteiger partial charge in [-0.3, -0.25) is 4.90 Å². The van der Waals surface area contributed by atoms with Crippen molar-refractivity contribution in [2.45, 2.75) is 52.2 Å². The zero-order valence-electron chi connectivity index (χ0n) is 14.3. The fourth-order valence-corrected chi connectivity index (χ4v) is 3.39. The minimum Gasteiger partial charge on any atom is -0.368 e. The van der Waals surface area contributed by atoms with Crippen LogP contribution in [-0.4, -0.2) is 43.7 Å². The summed E-state index contributed by atoms with van der Waals surface area (Å²) in [5, 5.41) is 3.62. The lowest BCUT2D eigenvalue weighted by atomic mass is 9.99. The van der Waals surface area contributed by atoms with Crippen LogP contribution in [-0.2, 0) is 0 Å². The van der Waals surface area contributed by atoms with Gasteiger partial charge in [0.15, 0.2) is 0 Å². The Bertz CT molecular complexity index is 434. The first-order chi connectivity index (χ1) is 10.1. The number of rotatable bonds is 5. The molecular formula is C18H31N3. The lowest BCUT2D eigenvalue weighted by Gasteiger charge is -2.44. The van der Waals surface area contributed by atoms with Gasteiger partial charge in [0.2, 0.25) is 0 Å². The molecule has 1 aromatic rings. The quantitative estimate of drug-likeness (QED) is 0.897. The topological polar surface area (TPSA) is 18.5 Å². The van der Waals surface area contributed by atoms with Gasteiger partial charge < -0.3 is 10.2 Å². The SMILES string of the molecule is CCNC(CC)c1ccccc1N1CC(C)N(C)C(C)C1. The van der Waals surface area contributed by atoms with E-state index in [0.29, 0.717) is 18.1 Å². The standard InChI is InChI=1S/C18H31N3/c1-6-17(19-7-2)16-10-8-9-11-18(16)21-12-14(3)20(5)15(4)13-21/h8-11,14-15,17,19H,6-7,12-13H2,1-5H3. The van der Waals surface area contributed by atoms with E-state index < -0.39 is 0 Å². The van der Waals surface area contributed by atoms with E-state index in [2.05, 4.69) is 74.1 Å². The van der Waals surface area contributed by atoms with Gasteiger partial charge in [-0.25, -0.2) is 0 Å². The van der Waals surface area contributed by atoms with E-state index in [0.717, 1.165) is 26.1 Å². The molecule has 1 N–H and O–H groups in total. The Morgan fingerprint density at radius 2 is 1.76 bits per heavy atom. The van der Waals surface area contributed by atoms with E-state index in [9.17, 15) is 0 Å². The highest BCUT2D eigenvalue weighted by Crippen LogP contribution is 2.30. The zero-order valence-corrected chi connectivity index (χ0v) is 14.3. The summed E-state index contributed by atoms with van der Waals surface area (Å²) in [4.78, 5) is 5.06. The Morgan fingerprint density at radius 3 is 2.33 bits per heavy atom. The fraction of sp³-hybridized carbons (Fsp3) is 0.667. The maximum Gasteiger partial charge on any atom is 0.0415 e. The Hall–Kier alpha value is -1.06. The van der Waals surface area contributed by atoms with Crippen LogP contribution in [0.1, 0.15) is 45.7 Å². The number of nitrogens with zero attached hydrogens (tertiary/aromatic N) is 2. The molecule has 1 aliphatic heterocycles. The van der Waals surface area contributed by atoms with Crippen LogP contribution in [0.15, 0.2) is 24.3 Å². The average Bonchev–Trinajstić information content (AvgIpc) is 2.50. The minimum atomic E-state index is 0.455. The molecule has 0 aliphatic carbocycles. The fourth-order valence-electron chi connectivity index (χ4n) is 3.39. The number of nitrogens with one attached hydrogen (secondary N) is 1. The number of hydrogen-bond donors (Lipinski definition) is 1. The summed E-state index contributed by atoms with van der Waals surface area (Å²) in [6, 6.07) is 10.6. The van der Waals surface area contributed by atoms with Crippen molar-refractivity contribution in [1.82, 2.24) is 10.2 Å².